The van der Waals surface area contributed by atoms with Crippen LogP contribution in [0.15, 0.2) is 42.7 Å². The first-order chi connectivity index (χ1) is 10.2. The van der Waals surface area contributed by atoms with Gasteiger partial charge < -0.3 is 4.57 Å². The first kappa shape index (κ1) is 14.3. The summed E-state index contributed by atoms with van der Waals surface area (Å²) >= 11 is 2.31. The van der Waals surface area contributed by atoms with Gasteiger partial charge in [-0.3, -0.25) is 4.68 Å². The molecule has 3 aromatic rings. The van der Waals surface area contributed by atoms with E-state index >= 15 is 0 Å². The molecule has 0 unspecified atom stereocenters. The predicted octanol–water partition coefficient (Wildman–Crippen LogP) is 3.73. The van der Waals surface area contributed by atoms with Crippen molar-refractivity contribution >= 4 is 22.6 Å². The van der Waals surface area contributed by atoms with Gasteiger partial charge in [-0.1, -0.05) is 12.1 Å². The third-order valence-corrected chi connectivity index (χ3v) is 4.15. The van der Waals surface area contributed by atoms with Gasteiger partial charge in [0.2, 0.25) is 0 Å². The van der Waals surface area contributed by atoms with E-state index < -0.39 is 0 Å². The Morgan fingerprint density at radius 2 is 1.95 bits per heavy atom. The molecule has 0 amide bonds. The van der Waals surface area contributed by atoms with Gasteiger partial charge in [0.25, 0.3) is 0 Å². The minimum Gasteiger partial charge on any atom is -0.325 e. The predicted molar refractivity (Wildman–Crippen MR) is 92.1 cm³/mol. The molecule has 0 spiro atoms. The summed E-state index contributed by atoms with van der Waals surface area (Å²) in [6.45, 7) is 5.82. The van der Waals surface area contributed by atoms with Crippen LogP contribution in [0.1, 0.15) is 18.3 Å². The smallest absolute Gasteiger partial charge is 0.140 e. The highest BCUT2D eigenvalue weighted by atomic mass is 127. The van der Waals surface area contributed by atoms with E-state index in [1.54, 1.807) is 0 Å². The quantitative estimate of drug-likeness (QED) is 0.635. The first-order valence-corrected chi connectivity index (χ1v) is 8.05. The largest absolute Gasteiger partial charge is 0.325 e. The van der Waals surface area contributed by atoms with Crippen molar-refractivity contribution in [1.29, 1.82) is 0 Å². The topological polar surface area (TPSA) is 35.6 Å². The Hall–Kier alpha value is -1.63. The molecule has 0 saturated heterocycles. The van der Waals surface area contributed by atoms with Crippen molar-refractivity contribution in [3.8, 4) is 11.4 Å². The fourth-order valence-electron chi connectivity index (χ4n) is 2.47. The molecule has 5 heteroatoms. The summed E-state index contributed by atoms with van der Waals surface area (Å²) in [5.41, 5.74) is 3.40. The van der Waals surface area contributed by atoms with Crippen molar-refractivity contribution in [2.24, 2.45) is 0 Å². The maximum absolute atomic E-state index is 4.51. The SMILES string of the molecule is CCn1nc(C)cc1Cn1ccnc1-c1ccc(I)cc1. The second-order valence-corrected chi connectivity index (χ2v) is 6.22. The molecule has 4 nitrogen and oxygen atoms in total. The number of hydrogen-bond donors (Lipinski definition) is 0. The monoisotopic (exact) mass is 392 g/mol. The van der Waals surface area contributed by atoms with Crippen LogP contribution in [0, 0.1) is 10.5 Å². The number of imidazole rings is 1. The molecular formula is C16H17IN4. The molecule has 0 bridgehead atoms. The second-order valence-electron chi connectivity index (χ2n) is 4.98. The summed E-state index contributed by atoms with van der Waals surface area (Å²) in [5, 5.41) is 4.51. The Balaban J connectivity index is 1.94. The van der Waals surface area contributed by atoms with Crippen LogP contribution in [-0.4, -0.2) is 19.3 Å². The maximum atomic E-state index is 4.51. The first-order valence-electron chi connectivity index (χ1n) is 6.97. The van der Waals surface area contributed by atoms with Crippen LogP contribution in [0.3, 0.4) is 0 Å². The van der Waals surface area contributed by atoms with Gasteiger partial charge in [0.1, 0.15) is 5.82 Å². The van der Waals surface area contributed by atoms with Crippen LogP contribution in [0.25, 0.3) is 11.4 Å². The summed E-state index contributed by atoms with van der Waals surface area (Å²) in [6.07, 6.45) is 3.88. The van der Waals surface area contributed by atoms with Crippen molar-refractivity contribution < 1.29 is 0 Å². The van der Waals surface area contributed by atoms with E-state index in [9.17, 15) is 0 Å². The third-order valence-electron chi connectivity index (χ3n) is 3.44. The average Bonchev–Trinajstić information content (AvgIpc) is 3.07. The Labute approximate surface area is 138 Å². The highest BCUT2D eigenvalue weighted by molar-refractivity contribution is 14.1. The van der Waals surface area contributed by atoms with Crippen molar-refractivity contribution in [1.82, 2.24) is 19.3 Å². The van der Waals surface area contributed by atoms with Gasteiger partial charge in [-0.15, -0.1) is 0 Å². The van der Waals surface area contributed by atoms with Gasteiger partial charge >= 0.3 is 0 Å². The maximum Gasteiger partial charge on any atom is 0.140 e. The van der Waals surface area contributed by atoms with Crippen LogP contribution in [0.5, 0.6) is 0 Å². The lowest BCUT2D eigenvalue weighted by Gasteiger charge is -2.09. The molecule has 0 radical (unpaired) electrons. The Kier molecular flexibility index (Phi) is 4.10. The second kappa shape index (κ2) is 6.01. The number of rotatable bonds is 4. The zero-order valence-electron chi connectivity index (χ0n) is 12.1. The number of benzene rings is 1. The molecule has 0 atom stereocenters. The standard InChI is InChI=1S/C16H17IN4/c1-3-21-15(10-12(2)19-21)11-20-9-8-18-16(20)13-4-6-14(17)7-5-13/h4-10H,3,11H2,1-2H3. The summed E-state index contributed by atoms with van der Waals surface area (Å²) in [6, 6.07) is 10.6. The van der Waals surface area contributed by atoms with E-state index in [1.165, 1.54) is 9.26 Å². The number of halogens is 1. The van der Waals surface area contributed by atoms with Gasteiger partial charge in [0.05, 0.1) is 17.9 Å². The zero-order valence-corrected chi connectivity index (χ0v) is 14.3. The van der Waals surface area contributed by atoms with E-state index in [-0.39, 0.29) is 0 Å². The third kappa shape index (κ3) is 3.02. The molecule has 3 rings (SSSR count). The highest BCUT2D eigenvalue weighted by Crippen LogP contribution is 2.20. The number of nitrogens with zero attached hydrogens (tertiary/aromatic N) is 4. The van der Waals surface area contributed by atoms with E-state index in [0.29, 0.717) is 0 Å². The van der Waals surface area contributed by atoms with Crippen LogP contribution in [0.2, 0.25) is 0 Å². The molecule has 0 fully saturated rings. The molecule has 21 heavy (non-hydrogen) atoms. The van der Waals surface area contributed by atoms with E-state index in [4.69, 9.17) is 0 Å². The average molecular weight is 392 g/mol. The molecule has 0 saturated carbocycles. The number of hydrogen-bond acceptors (Lipinski definition) is 2. The van der Waals surface area contributed by atoms with E-state index in [0.717, 1.165) is 30.2 Å². The van der Waals surface area contributed by atoms with Gasteiger partial charge in [0.15, 0.2) is 0 Å². The van der Waals surface area contributed by atoms with Crippen molar-refractivity contribution in [2.75, 3.05) is 0 Å². The highest BCUT2D eigenvalue weighted by Gasteiger charge is 2.10. The van der Waals surface area contributed by atoms with Gasteiger partial charge in [0, 0.05) is 28.1 Å². The molecule has 1 aromatic carbocycles. The Morgan fingerprint density at radius 1 is 1.19 bits per heavy atom. The normalized spacial score (nSPS) is 11.0. The molecule has 108 valence electrons. The van der Waals surface area contributed by atoms with Gasteiger partial charge in [-0.2, -0.15) is 5.10 Å². The van der Waals surface area contributed by atoms with Crippen molar-refractivity contribution in [3.63, 3.8) is 0 Å². The summed E-state index contributed by atoms with van der Waals surface area (Å²) in [4.78, 5) is 4.51. The van der Waals surface area contributed by atoms with Crippen molar-refractivity contribution in [2.45, 2.75) is 26.9 Å². The molecule has 0 N–H and O–H groups in total. The minimum absolute atomic E-state index is 0.788. The molecule has 0 aliphatic rings. The van der Waals surface area contributed by atoms with Crippen LogP contribution in [0.4, 0.5) is 0 Å². The zero-order chi connectivity index (χ0) is 14.8. The number of aryl methyl sites for hydroxylation is 2. The van der Waals surface area contributed by atoms with E-state index in [2.05, 4.69) is 74.5 Å². The fourth-order valence-corrected chi connectivity index (χ4v) is 2.83. The Morgan fingerprint density at radius 3 is 2.67 bits per heavy atom. The fraction of sp³-hybridized carbons (Fsp3) is 0.250. The molecule has 0 aliphatic carbocycles. The van der Waals surface area contributed by atoms with E-state index in [1.807, 2.05) is 24.0 Å². The summed E-state index contributed by atoms with van der Waals surface area (Å²) in [5.74, 6) is 0.993. The van der Waals surface area contributed by atoms with Gasteiger partial charge in [-0.05, 0) is 54.6 Å². The molecular weight excluding hydrogens is 375 g/mol. The van der Waals surface area contributed by atoms with Crippen LogP contribution < -0.4 is 0 Å². The van der Waals surface area contributed by atoms with Crippen molar-refractivity contribution in [3.05, 3.63) is 57.7 Å². The lowest BCUT2D eigenvalue weighted by molar-refractivity contribution is 0.598. The van der Waals surface area contributed by atoms with Gasteiger partial charge in [-0.25, -0.2) is 4.98 Å². The Bertz CT molecular complexity index is 740. The lowest BCUT2D eigenvalue weighted by atomic mass is 10.2. The van der Waals surface area contributed by atoms with Crippen LogP contribution >= 0.6 is 22.6 Å². The lowest BCUT2D eigenvalue weighted by Crippen LogP contribution is -2.08. The number of aromatic nitrogens is 4. The summed E-state index contributed by atoms with van der Waals surface area (Å²) in [7, 11) is 0. The minimum atomic E-state index is 0.788. The molecule has 2 heterocycles. The summed E-state index contributed by atoms with van der Waals surface area (Å²) < 4.78 is 5.45. The molecule has 2 aromatic heterocycles. The van der Waals surface area contributed by atoms with Crippen LogP contribution in [-0.2, 0) is 13.1 Å². The molecule has 0 aliphatic heterocycles.